The maximum atomic E-state index is 12.9. The van der Waals surface area contributed by atoms with E-state index in [4.69, 9.17) is 9.15 Å². The van der Waals surface area contributed by atoms with Crippen molar-refractivity contribution in [2.24, 2.45) is 5.92 Å². The van der Waals surface area contributed by atoms with Gasteiger partial charge >= 0.3 is 5.97 Å². The normalized spacial score (nSPS) is 16.7. The number of rotatable bonds is 5. The standard InChI is InChI=1S/C19H24N4O6/c1-4-28-19(27)12-6-5-7-23(8-12)13(24)9-22(3)18(26)14-11(2)29-17-15(14)16(25)20-10-21-17/h10,12H,4-9H2,1-3H3,(H,20,21,25). The highest BCUT2D eigenvalue weighted by molar-refractivity contribution is 6.06. The summed E-state index contributed by atoms with van der Waals surface area (Å²) < 4.78 is 10.5. The van der Waals surface area contributed by atoms with Crippen LogP contribution in [0.15, 0.2) is 15.5 Å². The fraction of sp³-hybridized carbons (Fsp3) is 0.526. The van der Waals surface area contributed by atoms with Gasteiger partial charge in [-0.15, -0.1) is 0 Å². The van der Waals surface area contributed by atoms with Crippen molar-refractivity contribution in [1.82, 2.24) is 19.8 Å². The van der Waals surface area contributed by atoms with Crippen molar-refractivity contribution in [2.45, 2.75) is 26.7 Å². The summed E-state index contributed by atoms with van der Waals surface area (Å²) in [5, 5.41) is 0.0645. The molecule has 10 nitrogen and oxygen atoms in total. The average Bonchev–Trinajstić information content (AvgIpc) is 3.04. The van der Waals surface area contributed by atoms with Gasteiger partial charge in [-0.05, 0) is 26.7 Å². The molecule has 156 valence electrons. The molecule has 1 saturated heterocycles. The van der Waals surface area contributed by atoms with Crippen LogP contribution in [-0.4, -0.2) is 70.8 Å². The summed E-state index contributed by atoms with van der Waals surface area (Å²) in [4.78, 5) is 58.9. The van der Waals surface area contributed by atoms with Crippen LogP contribution in [-0.2, 0) is 14.3 Å². The molecule has 1 atom stereocenters. The molecule has 10 heteroatoms. The van der Waals surface area contributed by atoms with Crippen LogP contribution in [0.4, 0.5) is 0 Å². The lowest BCUT2D eigenvalue weighted by atomic mass is 9.98. The molecule has 1 aliphatic rings. The van der Waals surface area contributed by atoms with Crippen molar-refractivity contribution in [3.63, 3.8) is 0 Å². The highest BCUT2D eigenvalue weighted by Crippen LogP contribution is 2.22. The third-order valence-corrected chi connectivity index (χ3v) is 5.00. The van der Waals surface area contributed by atoms with E-state index in [0.29, 0.717) is 26.0 Å². The third-order valence-electron chi connectivity index (χ3n) is 5.00. The van der Waals surface area contributed by atoms with E-state index in [1.165, 1.54) is 18.3 Å². The lowest BCUT2D eigenvalue weighted by Crippen LogP contribution is -2.47. The summed E-state index contributed by atoms with van der Waals surface area (Å²) in [6.07, 6.45) is 2.57. The fourth-order valence-corrected chi connectivity index (χ4v) is 3.53. The molecule has 2 aromatic rings. The number of aromatic amines is 1. The van der Waals surface area contributed by atoms with Crippen LogP contribution in [0.1, 0.15) is 35.9 Å². The molecule has 1 unspecified atom stereocenters. The molecule has 3 rings (SSSR count). The van der Waals surface area contributed by atoms with Crippen LogP contribution in [0.3, 0.4) is 0 Å². The van der Waals surface area contributed by atoms with E-state index >= 15 is 0 Å². The minimum atomic E-state index is -0.507. The second-order valence-corrected chi connectivity index (χ2v) is 7.04. The SMILES string of the molecule is CCOC(=O)C1CCCN(C(=O)CN(C)C(=O)c2c(C)oc3nc[nH]c(=O)c23)C1. The van der Waals surface area contributed by atoms with Gasteiger partial charge in [0.2, 0.25) is 11.6 Å². The second-order valence-electron chi connectivity index (χ2n) is 7.04. The number of likely N-dealkylation sites (N-methyl/N-ethyl adjacent to an activating group) is 1. The number of furan rings is 1. The van der Waals surface area contributed by atoms with Gasteiger partial charge in [0.05, 0.1) is 31.0 Å². The van der Waals surface area contributed by atoms with Crippen LogP contribution in [0.25, 0.3) is 11.1 Å². The number of carbonyl (C=O) groups is 3. The van der Waals surface area contributed by atoms with Crippen molar-refractivity contribution >= 4 is 28.9 Å². The van der Waals surface area contributed by atoms with Crippen molar-refractivity contribution in [1.29, 1.82) is 0 Å². The van der Waals surface area contributed by atoms with Crippen molar-refractivity contribution < 1.29 is 23.5 Å². The van der Waals surface area contributed by atoms with Gasteiger partial charge in [0, 0.05) is 20.1 Å². The largest absolute Gasteiger partial charge is 0.466 e. The third kappa shape index (κ3) is 4.15. The van der Waals surface area contributed by atoms with Gasteiger partial charge < -0.3 is 23.9 Å². The molecular weight excluding hydrogens is 380 g/mol. The van der Waals surface area contributed by atoms with Crippen LogP contribution >= 0.6 is 0 Å². The first-order valence-electron chi connectivity index (χ1n) is 9.50. The monoisotopic (exact) mass is 404 g/mol. The van der Waals surface area contributed by atoms with Gasteiger partial charge in [0.15, 0.2) is 0 Å². The number of likely N-dealkylation sites (tertiary alicyclic amines) is 1. The van der Waals surface area contributed by atoms with Gasteiger partial charge in [0.25, 0.3) is 11.5 Å². The Morgan fingerprint density at radius 3 is 2.90 bits per heavy atom. The van der Waals surface area contributed by atoms with Gasteiger partial charge in [-0.3, -0.25) is 19.2 Å². The Hall–Kier alpha value is -3.17. The van der Waals surface area contributed by atoms with Crippen LogP contribution in [0, 0.1) is 12.8 Å². The Labute approximate surface area is 166 Å². The molecular formula is C19H24N4O6. The van der Waals surface area contributed by atoms with E-state index < -0.39 is 11.5 Å². The van der Waals surface area contributed by atoms with Crippen molar-refractivity contribution in [3.05, 3.63) is 28.0 Å². The second kappa shape index (κ2) is 8.46. The topological polar surface area (TPSA) is 126 Å². The summed E-state index contributed by atoms with van der Waals surface area (Å²) in [6.45, 7) is 4.22. The first-order valence-corrected chi connectivity index (χ1v) is 9.50. The number of H-pyrrole nitrogens is 1. The molecule has 0 spiro atoms. The number of esters is 1. The van der Waals surface area contributed by atoms with Crippen molar-refractivity contribution in [2.75, 3.05) is 33.3 Å². The molecule has 1 fully saturated rings. The lowest BCUT2D eigenvalue weighted by molar-refractivity contribution is -0.151. The molecule has 29 heavy (non-hydrogen) atoms. The summed E-state index contributed by atoms with van der Waals surface area (Å²) in [6, 6.07) is 0. The molecule has 2 amide bonds. The first kappa shape index (κ1) is 20.6. The van der Waals surface area contributed by atoms with Crippen LogP contribution in [0.2, 0.25) is 0 Å². The molecule has 0 bridgehead atoms. The number of piperidine rings is 1. The number of nitrogens with one attached hydrogen (secondary N) is 1. The van der Waals surface area contributed by atoms with Crippen molar-refractivity contribution in [3.8, 4) is 0 Å². The summed E-state index contributed by atoms with van der Waals surface area (Å²) in [5.74, 6) is -1.17. The lowest BCUT2D eigenvalue weighted by Gasteiger charge is -2.32. The molecule has 2 aromatic heterocycles. The maximum Gasteiger partial charge on any atom is 0.310 e. The number of aryl methyl sites for hydroxylation is 1. The minimum absolute atomic E-state index is 0.0645. The number of hydrogen-bond donors (Lipinski definition) is 1. The van der Waals surface area contributed by atoms with E-state index in [2.05, 4.69) is 9.97 Å². The number of fused-ring (bicyclic) bond motifs is 1. The molecule has 1 aliphatic heterocycles. The maximum absolute atomic E-state index is 12.9. The molecule has 3 heterocycles. The molecule has 0 radical (unpaired) electrons. The minimum Gasteiger partial charge on any atom is -0.466 e. The zero-order valence-electron chi connectivity index (χ0n) is 16.7. The Kier molecular flexibility index (Phi) is 6.00. The zero-order chi connectivity index (χ0) is 21.1. The Morgan fingerprint density at radius 1 is 1.41 bits per heavy atom. The van der Waals surface area contributed by atoms with Gasteiger partial charge in [-0.25, -0.2) is 4.98 Å². The van der Waals surface area contributed by atoms with E-state index in [9.17, 15) is 19.2 Å². The number of aromatic nitrogens is 2. The smallest absolute Gasteiger partial charge is 0.310 e. The van der Waals surface area contributed by atoms with E-state index in [1.807, 2.05) is 0 Å². The highest BCUT2D eigenvalue weighted by atomic mass is 16.5. The predicted octanol–water partition coefficient (Wildman–Crippen LogP) is 0.698. The van der Waals surface area contributed by atoms with E-state index in [-0.39, 0.29) is 53.3 Å². The molecule has 0 saturated carbocycles. The van der Waals surface area contributed by atoms with Crippen LogP contribution < -0.4 is 5.56 Å². The quantitative estimate of drug-likeness (QED) is 0.727. The average molecular weight is 404 g/mol. The summed E-state index contributed by atoms with van der Waals surface area (Å²) >= 11 is 0. The Balaban J connectivity index is 1.72. The Bertz CT molecular complexity index is 994. The van der Waals surface area contributed by atoms with Gasteiger partial charge in [-0.2, -0.15) is 0 Å². The first-order chi connectivity index (χ1) is 13.8. The van der Waals surface area contributed by atoms with Gasteiger partial charge in [-0.1, -0.05) is 0 Å². The molecule has 1 N–H and O–H groups in total. The fourth-order valence-electron chi connectivity index (χ4n) is 3.53. The van der Waals surface area contributed by atoms with E-state index in [1.54, 1.807) is 18.7 Å². The molecule has 0 aliphatic carbocycles. The molecule has 0 aromatic carbocycles. The number of amides is 2. The van der Waals surface area contributed by atoms with Gasteiger partial charge in [0.1, 0.15) is 11.1 Å². The summed E-state index contributed by atoms with van der Waals surface area (Å²) in [5.41, 5.74) is -0.321. The highest BCUT2D eigenvalue weighted by Gasteiger charge is 2.31. The summed E-state index contributed by atoms with van der Waals surface area (Å²) in [7, 11) is 1.48. The van der Waals surface area contributed by atoms with Crippen LogP contribution in [0.5, 0.6) is 0 Å². The predicted molar refractivity (Wildman–Crippen MR) is 102 cm³/mol. The van der Waals surface area contributed by atoms with E-state index in [0.717, 1.165) is 0 Å². The Morgan fingerprint density at radius 2 is 2.17 bits per heavy atom. The number of ether oxygens (including phenoxy) is 1. The number of hydrogen-bond acceptors (Lipinski definition) is 7. The number of nitrogens with zero attached hydrogens (tertiary/aromatic N) is 3. The zero-order valence-corrected chi connectivity index (χ0v) is 16.7. The number of carbonyl (C=O) groups excluding carboxylic acids is 3.